The second kappa shape index (κ2) is 7.25. The standard InChI is InChI=1S/C16H18N4O2S2/c1-12-4-2-5-13(10-12)11-15-18-14(19-20-15)7-8-17-24(21,22)16-6-3-9-23-16/h2-6,9-10,17H,7-8,11H2,1H3,(H,18,19,20). The molecule has 2 heterocycles. The highest BCUT2D eigenvalue weighted by molar-refractivity contribution is 7.91. The van der Waals surface area contributed by atoms with Gasteiger partial charge in [0.25, 0.3) is 0 Å². The number of rotatable bonds is 7. The number of sulfonamides is 1. The van der Waals surface area contributed by atoms with Crippen molar-refractivity contribution in [3.8, 4) is 0 Å². The van der Waals surface area contributed by atoms with Gasteiger partial charge in [0.05, 0.1) is 0 Å². The Hall–Kier alpha value is -2.03. The van der Waals surface area contributed by atoms with E-state index >= 15 is 0 Å². The van der Waals surface area contributed by atoms with Gasteiger partial charge in [-0.2, -0.15) is 5.10 Å². The summed E-state index contributed by atoms with van der Waals surface area (Å²) in [6, 6.07) is 11.5. The summed E-state index contributed by atoms with van der Waals surface area (Å²) in [6.45, 7) is 2.32. The summed E-state index contributed by atoms with van der Waals surface area (Å²) in [4.78, 5) is 4.42. The SMILES string of the molecule is Cc1cccc(Cc2nc(CCNS(=O)(=O)c3cccs3)n[nH]2)c1. The maximum absolute atomic E-state index is 12.0. The molecule has 0 radical (unpaired) electrons. The Labute approximate surface area is 145 Å². The van der Waals surface area contributed by atoms with Crippen molar-refractivity contribution in [2.75, 3.05) is 6.54 Å². The van der Waals surface area contributed by atoms with Crippen LogP contribution >= 0.6 is 11.3 Å². The predicted octanol–water partition coefficient (Wildman–Crippen LogP) is 2.29. The molecule has 0 spiro atoms. The van der Waals surface area contributed by atoms with Crippen LogP contribution < -0.4 is 4.72 Å². The van der Waals surface area contributed by atoms with Crippen molar-refractivity contribution >= 4 is 21.4 Å². The second-order valence-electron chi connectivity index (χ2n) is 5.44. The van der Waals surface area contributed by atoms with E-state index in [0.29, 0.717) is 22.9 Å². The molecule has 0 fully saturated rings. The van der Waals surface area contributed by atoms with Crippen molar-refractivity contribution in [1.29, 1.82) is 0 Å². The van der Waals surface area contributed by atoms with Gasteiger partial charge in [0.1, 0.15) is 10.0 Å². The van der Waals surface area contributed by atoms with Gasteiger partial charge < -0.3 is 0 Å². The Morgan fingerprint density at radius 2 is 2.12 bits per heavy atom. The third-order valence-corrected chi connectivity index (χ3v) is 6.29. The average molecular weight is 362 g/mol. The second-order valence-corrected chi connectivity index (χ2v) is 8.39. The Kier molecular flexibility index (Phi) is 5.08. The summed E-state index contributed by atoms with van der Waals surface area (Å²) < 4.78 is 26.9. The number of thiophene rings is 1. The van der Waals surface area contributed by atoms with Crippen molar-refractivity contribution in [3.63, 3.8) is 0 Å². The largest absolute Gasteiger partial charge is 0.263 e. The minimum Gasteiger partial charge on any atom is -0.263 e. The van der Waals surface area contributed by atoms with Crippen LogP contribution in [0.3, 0.4) is 0 Å². The van der Waals surface area contributed by atoms with Gasteiger partial charge in [0.2, 0.25) is 10.0 Å². The van der Waals surface area contributed by atoms with Gasteiger partial charge in [0, 0.05) is 19.4 Å². The van der Waals surface area contributed by atoms with Gasteiger partial charge in [0.15, 0.2) is 5.82 Å². The lowest BCUT2D eigenvalue weighted by Crippen LogP contribution is -2.25. The van der Waals surface area contributed by atoms with Crippen LogP contribution in [0.5, 0.6) is 0 Å². The maximum atomic E-state index is 12.0. The Bertz CT molecular complexity index is 902. The molecule has 24 heavy (non-hydrogen) atoms. The molecule has 2 aromatic heterocycles. The Balaban J connectivity index is 1.55. The molecular formula is C16H18N4O2S2. The fourth-order valence-electron chi connectivity index (χ4n) is 2.33. The topological polar surface area (TPSA) is 87.7 Å². The smallest absolute Gasteiger partial charge is 0.250 e. The number of H-pyrrole nitrogens is 1. The van der Waals surface area contributed by atoms with Gasteiger partial charge in [-0.3, -0.25) is 5.10 Å². The third-order valence-electron chi connectivity index (χ3n) is 3.43. The van der Waals surface area contributed by atoms with Crippen molar-refractivity contribution in [2.45, 2.75) is 24.0 Å². The van der Waals surface area contributed by atoms with Crippen LogP contribution in [-0.4, -0.2) is 30.1 Å². The number of aryl methyl sites for hydroxylation is 1. The van der Waals surface area contributed by atoms with E-state index < -0.39 is 10.0 Å². The van der Waals surface area contributed by atoms with E-state index in [-0.39, 0.29) is 6.54 Å². The molecule has 3 rings (SSSR count). The van der Waals surface area contributed by atoms with E-state index in [2.05, 4.69) is 39.0 Å². The van der Waals surface area contributed by atoms with E-state index in [1.807, 2.05) is 12.1 Å². The van der Waals surface area contributed by atoms with Gasteiger partial charge in [-0.15, -0.1) is 11.3 Å². The summed E-state index contributed by atoms with van der Waals surface area (Å²) in [7, 11) is -3.43. The minimum absolute atomic E-state index is 0.266. The molecule has 6 nitrogen and oxygen atoms in total. The molecule has 1 aromatic carbocycles. The lowest BCUT2D eigenvalue weighted by Gasteiger charge is -2.02. The molecule has 126 valence electrons. The van der Waals surface area contributed by atoms with Crippen molar-refractivity contribution in [1.82, 2.24) is 19.9 Å². The highest BCUT2D eigenvalue weighted by Crippen LogP contribution is 2.15. The fourth-order valence-corrected chi connectivity index (χ4v) is 4.40. The molecule has 0 amide bonds. The number of aromatic nitrogens is 3. The van der Waals surface area contributed by atoms with Crippen LogP contribution in [0.25, 0.3) is 0 Å². The Morgan fingerprint density at radius 3 is 2.88 bits per heavy atom. The van der Waals surface area contributed by atoms with E-state index in [9.17, 15) is 8.42 Å². The molecule has 0 aliphatic heterocycles. The fraction of sp³-hybridized carbons (Fsp3) is 0.250. The summed E-state index contributed by atoms with van der Waals surface area (Å²) >= 11 is 1.19. The molecule has 0 aliphatic carbocycles. The van der Waals surface area contributed by atoms with E-state index in [4.69, 9.17) is 0 Å². The van der Waals surface area contributed by atoms with Gasteiger partial charge in [-0.25, -0.2) is 18.1 Å². The van der Waals surface area contributed by atoms with E-state index in [0.717, 1.165) is 11.4 Å². The number of nitrogens with zero attached hydrogens (tertiary/aromatic N) is 2. The van der Waals surface area contributed by atoms with E-state index in [1.165, 1.54) is 16.9 Å². The van der Waals surface area contributed by atoms with Crippen LogP contribution in [0, 0.1) is 6.92 Å². The first-order valence-electron chi connectivity index (χ1n) is 7.52. The molecule has 2 N–H and O–H groups in total. The summed E-state index contributed by atoms with van der Waals surface area (Å²) in [5.41, 5.74) is 2.37. The predicted molar refractivity (Wildman–Crippen MR) is 93.6 cm³/mol. The van der Waals surface area contributed by atoms with Crippen molar-refractivity contribution in [2.24, 2.45) is 0 Å². The summed E-state index contributed by atoms with van der Waals surface area (Å²) in [5.74, 6) is 1.38. The Morgan fingerprint density at radius 1 is 1.25 bits per heavy atom. The molecule has 0 aliphatic rings. The van der Waals surface area contributed by atoms with Crippen LogP contribution in [0.4, 0.5) is 0 Å². The zero-order chi connectivity index (χ0) is 17.0. The monoisotopic (exact) mass is 362 g/mol. The van der Waals surface area contributed by atoms with Gasteiger partial charge >= 0.3 is 0 Å². The van der Waals surface area contributed by atoms with E-state index in [1.54, 1.807) is 17.5 Å². The normalized spacial score (nSPS) is 11.7. The lowest BCUT2D eigenvalue weighted by atomic mass is 10.1. The zero-order valence-corrected chi connectivity index (χ0v) is 14.8. The molecule has 0 saturated carbocycles. The maximum Gasteiger partial charge on any atom is 0.250 e. The first-order valence-corrected chi connectivity index (χ1v) is 9.88. The molecule has 0 bridgehead atoms. The van der Waals surface area contributed by atoms with Crippen LogP contribution in [0.15, 0.2) is 46.0 Å². The van der Waals surface area contributed by atoms with Crippen LogP contribution in [0.1, 0.15) is 22.8 Å². The average Bonchev–Trinajstić information content (AvgIpc) is 3.19. The number of hydrogen-bond acceptors (Lipinski definition) is 5. The van der Waals surface area contributed by atoms with Crippen LogP contribution in [0.2, 0.25) is 0 Å². The first-order chi connectivity index (χ1) is 11.5. The molecule has 3 aromatic rings. The van der Waals surface area contributed by atoms with Crippen LogP contribution in [-0.2, 0) is 22.9 Å². The number of aromatic amines is 1. The quantitative estimate of drug-likeness (QED) is 0.675. The molecule has 0 unspecified atom stereocenters. The van der Waals surface area contributed by atoms with Crippen molar-refractivity contribution in [3.05, 3.63) is 64.6 Å². The minimum atomic E-state index is -3.43. The van der Waals surface area contributed by atoms with Gasteiger partial charge in [-0.05, 0) is 23.9 Å². The first kappa shape index (κ1) is 16.8. The summed E-state index contributed by atoms with van der Waals surface area (Å²) in [6.07, 6.45) is 1.12. The number of nitrogens with one attached hydrogen (secondary N) is 2. The molecular weight excluding hydrogens is 344 g/mol. The molecule has 0 saturated heterocycles. The number of hydrogen-bond donors (Lipinski definition) is 2. The third kappa shape index (κ3) is 4.28. The number of benzene rings is 1. The summed E-state index contributed by atoms with van der Waals surface area (Å²) in [5, 5.41) is 8.80. The van der Waals surface area contributed by atoms with Crippen molar-refractivity contribution < 1.29 is 8.42 Å². The highest BCUT2D eigenvalue weighted by Gasteiger charge is 2.14. The highest BCUT2D eigenvalue weighted by atomic mass is 32.2. The lowest BCUT2D eigenvalue weighted by molar-refractivity contribution is 0.583. The zero-order valence-electron chi connectivity index (χ0n) is 13.2. The van der Waals surface area contributed by atoms with Gasteiger partial charge in [-0.1, -0.05) is 35.9 Å². The molecule has 8 heteroatoms. The molecule has 0 atom stereocenters.